The highest BCUT2D eigenvalue weighted by atomic mass is 32.2. The molecule has 0 amide bonds. The average Bonchev–Trinajstić information content (AvgIpc) is 2.73. The summed E-state index contributed by atoms with van der Waals surface area (Å²) >= 11 is 0. The van der Waals surface area contributed by atoms with Gasteiger partial charge in [-0.05, 0) is 47.7 Å². The second kappa shape index (κ2) is 7.41. The summed E-state index contributed by atoms with van der Waals surface area (Å²) in [6.45, 7) is 4.58. The predicted octanol–water partition coefficient (Wildman–Crippen LogP) is 4.83. The summed E-state index contributed by atoms with van der Waals surface area (Å²) in [6.07, 6.45) is 7.09. The van der Waals surface area contributed by atoms with Crippen LogP contribution in [-0.2, 0) is 27.8 Å². The molecule has 0 radical (unpaired) electrons. The molecule has 0 bridgehead atoms. The molecule has 0 N–H and O–H groups in total. The third-order valence-corrected chi connectivity index (χ3v) is 7.08. The van der Waals surface area contributed by atoms with Crippen molar-refractivity contribution in [1.29, 1.82) is 0 Å². The molecule has 0 saturated carbocycles. The number of rotatable bonds is 5. The van der Waals surface area contributed by atoms with Gasteiger partial charge < -0.3 is 9.64 Å². The van der Waals surface area contributed by atoms with Crippen molar-refractivity contribution >= 4 is 21.6 Å². The lowest BCUT2D eigenvalue weighted by Gasteiger charge is -2.33. The van der Waals surface area contributed by atoms with Crippen molar-refractivity contribution in [3.8, 4) is 0 Å². The van der Waals surface area contributed by atoms with Crippen LogP contribution < -0.4 is 4.90 Å². The molecular formula is C23H23NO3S. The highest BCUT2D eigenvalue weighted by Crippen LogP contribution is 2.41. The largest absolute Gasteiger partial charge is 0.372 e. The van der Waals surface area contributed by atoms with Crippen molar-refractivity contribution in [2.45, 2.75) is 31.0 Å². The van der Waals surface area contributed by atoms with Crippen LogP contribution in [0.1, 0.15) is 29.5 Å². The Balaban J connectivity index is 1.53. The first-order chi connectivity index (χ1) is 13.5. The van der Waals surface area contributed by atoms with Crippen molar-refractivity contribution in [1.82, 2.24) is 0 Å². The third kappa shape index (κ3) is 3.32. The van der Waals surface area contributed by atoms with E-state index >= 15 is 0 Å². The highest BCUT2D eigenvalue weighted by molar-refractivity contribution is 7.95. The number of benzene rings is 2. The van der Waals surface area contributed by atoms with Gasteiger partial charge >= 0.3 is 0 Å². The first-order valence-corrected chi connectivity index (χ1v) is 10.8. The van der Waals surface area contributed by atoms with Crippen LogP contribution in [0.3, 0.4) is 0 Å². The van der Waals surface area contributed by atoms with Crippen LogP contribution in [0.25, 0.3) is 6.08 Å². The van der Waals surface area contributed by atoms with Gasteiger partial charge in [0, 0.05) is 12.7 Å². The zero-order valence-electron chi connectivity index (χ0n) is 15.9. The number of hydrogen-bond acceptors (Lipinski definition) is 4. The Kier molecular flexibility index (Phi) is 4.96. The standard InChI is InChI=1S/C23H23NO3S/c1-3-17-8-10-18(11-9-17)15-27-16-19-12-13-21-23(14-19)28(25,26)22-7-5-4-6-20(22)24(21)2/h3,5,7-14H,1,4,6,15-16H2,2H3. The van der Waals surface area contributed by atoms with Gasteiger partial charge in [0.05, 0.1) is 28.7 Å². The van der Waals surface area contributed by atoms with Crippen LogP contribution in [0.2, 0.25) is 0 Å². The molecule has 28 heavy (non-hydrogen) atoms. The number of allylic oxidation sites excluding steroid dienone is 3. The monoisotopic (exact) mass is 393 g/mol. The van der Waals surface area contributed by atoms with Gasteiger partial charge in [0.15, 0.2) is 0 Å². The SMILES string of the molecule is C=Cc1ccc(COCc2ccc3c(c2)S(=O)(=O)C2=C(CCC=C2)N3C)cc1. The van der Waals surface area contributed by atoms with Crippen LogP contribution in [0, 0.1) is 0 Å². The molecule has 4 rings (SSSR count). The van der Waals surface area contributed by atoms with Gasteiger partial charge in [0.25, 0.3) is 0 Å². The molecule has 2 aliphatic rings. The van der Waals surface area contributed by atoms with Crippen LogP contribution in [0.4, 0.5) is 5.69 Å². The fourth-order valence-electron chi connectivity index (χ4n) is 3.65. The first kappa shape index (κ1) is 18.7. The topological polar surface area (TPSA) is 46.6 Å². The van der Waals surface area contributed by atoms with Crippen molar-refractivity contribution in [3.63, 3.8) is 0 Å². The van der Waals surface area contributed by atoms with E-state index in [9.17, 15) is 8.42 Å². The fourth-order valence-corrected chi connectivity index (χ4v) is 5.50. The second-order valence-electron chi connectivity index (χ2n) is 7.06. The fraction of sp³-hybridized carbons (Fsp3) is 0.217. The lowest BCUT2D eigenvalue weighted by molar-refractivity contribution is 0.107. The molecule has 1 aliphatic heterocycles. The smallest absolute Gasteiger partial charge is 0.210 e. The summed E-state index contributed by atoms with van der Waals surface area (Å²) in [5, 5.41) is 0. The minimum atomic E-state index is -3.50. The molecule has 0 atom stereocenters. The Morgan fingerprint density at radius 2 is 1.82 bits per heavy atom. The van der Waals surface area contributed by atoms with E-state index in [0.29, 0.717) is 23.0 Å². The van der Waals surface area contributed by atoms with E-state index in [0.717, 1.165) is 40.9 Å². The molecule has 4 nitrogen and oxygen atoms in total. The molecule has 5 heteroatoms. The molecule has 144 valence electrons. The molecular weight excluding hydrogens is 370 g/mol. The number of anilines is 1. The van der Waals surface area contributed by atoms with Gasteiger partial charge in [-0.25, -0.2) is 8.42 Å². The summed E-state index contributed by atoms with van der Waals surface area (Å²) in [5.41, 5.74) is 4.60. The van der Waals surface area contributed by atoms with Gasteiger partial charge in [-0.15, -0.1) is 0 Å². The summed E-state index contributed by atoms with van der Waals surface area (Å²) in [5.74, 6) is 0. The summed E-state index contributed by atoms with van der Waals surface area (Å²) in [7, 11) is -1.56. The number of ether oxygens (including phenoxy) is 1. The van der Waals surface area contributed by atoms with E-state index in [1.807, 2.05) is 54.4 Å². The predicted molar refractivity (Wildman–Crippen MR) is 112 cm³/mol. The number of hydrogen-bond donors (Lipinski definition) is 0. The summed E-state index contributed by atoms with van der Waals surface area (Å²) in [6, 6.07) is 13.6. The number of sulfone groups is 1. The quantitative estimate of drug-likeness (QED) is 0.730. The lowest BCUT2D eigenvalue weighted by Crippen LogP contribution is -2.28. The van der Waals surface area contributed by atoms with Crippen molar-refractivity contribution in [3.05, 3.63) is 88.5 Å². The van der Waals surface area contributed by atoms with E-state index < -0.39 is 9.84 Å². The summed E-state index contributed by atoms with van der Waals surface area (Å²) < 4.78 is 32.0. The van der Waals surface area contributed by atoms with E-state index in [4.69, 9.17) is 4.74 Å². The van der Waals surface area contributed by atoms with Crippen molar-refractivity contribution in [2.24, 2.45) is 0 Å². The van der Waals surface area contributed by atoms with E-state index in [2.05, 4.69) is 6.58 Å². The summed E-state index contributed by atoms with van der Waals surface area (Å²) in [4.78, 5) is 2.78. The second-order valence-corrected chi connectivity index (χ2v) is 8.94. The minimum absolute atomic E-state index is 0.358. The van der Waals surface area contributed by atoms with E-state index in [1.54, 1.807) is 18.2 Å². The van der Waals surface area contributed by atoms with Gasteiger partial charge in [-0.2, -0.15) is 0 Å². The van der Waals surface area contributed by atoms with Gasteiger partial charge in [-0.3, -0.25) is 0 Å². The average molecular weight is 394 g/mol. The Morgan fingerprint density at radius 1 is 1.11 bits per heavy atom. The van der Waals surface area contributed by atoms with Gasteiger partial charge in [0.2, 0.25) is 9.84 Å². The Labute approximate surface area is 166 Å². The lowest BCUT2D eigenvalue weighted by atomic mass is 10.1. The van der Waals surface area contributed by atoms with Crippen LogP contribution in [0.15, 0.2) is 76.7 Å². The van der Waals surface area contributed by atoms with Crippen molar-refractivity contribution < 1.29 is 13.2 Å². The molecule has 1 aliphatic carbocycles. The maximum absolute atomic E-state index is 13.1. The number of nitrogens with zero attached hydrogens (tertiary/aromatic N) is 1. The number of fused-ring (bicyclic) bond motifs is 1. The van der Waals surface area contributed by atoms with Gasteiger partial charge in [0.1, 0.15) is 0 Å². The Morgan fingerprint density at radius 3 is 2.57 bits per heavy atom. The highest BCUT2D eigenvalue weighted by Gasteiger charge is 2.34. The molecule has 1 heterocycles. The molecule has 0 saturated heterocycles. The van der Waals surface area contributed by atoms with E-state index in [1.165, 1.54) is 0 Å². The maximum atomic E-state index is 13.1. The molecule has 2 aromatic carbocycles. The van der Waals surface area contributed by atoms with Crippen LogP contribution in [-0.4, -0.2) is 15.5 Å². The third-order valence-electron chi connectivity index (χ3n) is 5.22. The van der Waals surface area contributed by atoms with Crippen LogP contribution >= 0.6 is 0 Å². The van der Waals surface area contributed by atoms with Crippen LogP contribution in [0.5, 0.6) is 0 Å². The maximum Gasteiger partial charge on any atom is 0.210 e. The van der Waals surface area contributed by atoms with Gasteiger partial charge in [-0.1, -0.05) is 49.1 Å². The molecule has 0 spiro atoms. The normalized spacial score (nSPS) is 17.2. The molecule has 0 aromatic heterocycles. The van der Waals surface area contributed by atoms with E-state index in [-0.39, 0.29) is 0 Å². The Bertz CT molecular complexity index is 1080. The first-order valence-electron chi connectivity index (χ1n) is 9.31. The molecule has 2 aromatic rings. The molecule has 0 unspecified atom stereocenters. The minimum Gasteiger partial charge on any atom is -0.372 e. The zero-order valence-corrected chi connectivity index (χ0v) is 16.7. The van der Waals surface area contributed by atoms with Crippen molar-refractivity contribution in [2.75, 3.05) is 11.9 Å². The molecule has 0 fully saturated rings. The zero-order chi connectivity index (χ0) is 19.7. The Hall–Kier alpha value is -2.63.